The van der Waals surface area contributed by atoms with Gasteiger partial charge in [0.05, 0.1) is 19.0 Å². The van der Waals surface area contributed by atoms with Gasteiger partial charge in [-0.2, -0.15) is 0 Å². The van der Waals surface area contributed by atoms with Gasteiger partial charge in [-0.3, -0.25) is 9.48 Å². The maximum atomic E-state index is 12.7. The van der Waals surface area contributed by atoms with Gasteiger partial charge >= 0.3 is 5.97 Å². The Kier molecular flexibility index (Phi) is 5.07. The number of pyridine rings is 2. The molecule has 3 heterocycles. The Bertz CT molecular complexity index is 1100. The first-order valence-corrected chi connectivity index (χ1v) is 8.46. The molecule has 0 spiro atoms. The van der Waals surface area contributed by atoms with Gasteiger partial charge in [0, 0.05) is 30.2 Å². The van der Waals surface area contributed by atoms with Crippen molar-refractivity contribution in [2.45, 2.75) is 26.9 Å². The van der Waals surface area contributed by atoms with E-state index in [1.54, 1.807) is 24.4 Å². The smallest absolute Gasteiger partial charge is 0.342 e. The lowest BCUT2D eigenvalue weighted by atomic mass is 10.1. The molecule has 0 aromatic carbocycles. The second-order valence-corrected chi connectivity index (χ2v) is 6.00. The molecule has 1 N–H and O–H groups in total. The summed E-state index contributed by atoms with van der Waals surface area (Å²) in [7, 11) is 1.37. The van der Waals surface area contributed by atoms with Crippen molar-refractivity contribution in [3.05, 3.63) is 57.6 Å². The van der Waals surface area contributed by atoms with Gasteiger partial charge in [-0.25, -0.2) is 9.78 Å². The number of aromatic carboxylic acids is 1. The molecule has 0 bridgehead atoms. The molecule has 3 rings (SSSR count). The van der Waals surface area contributed by atoms with Crippen molar-refractivity contribution in [3.63, 3.8) is 0 Å². The van der Waals surface area contributed by atoms with E-state index in [-0.39, 0.29) is 16.9 Å². The van der Waals surface area contributed by atoms with Gasteiger partial charge in [0.1, 0.15) is 11.2 Å². The highest BCUT2D eigenvalue weighted by molar-refractivity contribution is 5.89. The van der Waals surface area contributed by atoms with Gasteiger partial charge in [-0.05, 0) is 26.0 Å². The Balaban J connectivity index is 1.93. The summed E-state index contributed by atoms with van der Waals surface area (Å²) in [6.07, 6.45) is 6.63. The Morgan fingerprint density at radius 1 is 1.33 bits per heavy atom. The molecule has 0 aliphatic rings. The third-order valence-corrected chi connectivity index (χ3v) is 4.17. The summed E-state index contributed by atoms with van der Waals surface area (Å²) in [5.41, 5.74) is 1.96. The lowest BCUT2D eigenvalue weighted by molar-refractivity contribution is 0.0693. The Hall–Kier alpha value is -3.42. The number of allylic oxidation sites excluding steroid dienone is 1. The molecule has 0 saturated heterocycles. The molecule has 0 aliphatic heterocycles. The summed E-state index contributed by atoms with van der Waals surface area (Å²) in [5, 5.41) is 13.8. The molecule has 0 atom stereocenters. The number of methoxy groups -OCH3 is 1. The van der Waals surface area contributed by atoms with E-state index in [0.717, 1.165) is 5.69 Å². The van der Waals surface area contributed by atoms with Crippen LogP contribution in [0.2, 0.25) is 0 Å². The summed E-state index contributed by atoms with van der Waals surface area (Å²) < 4.78 is 8.34. The van der Waals surface area contributed by atoms with E-state index in [1.165, 1.54) is 18.0 Å². The predicted molar refractivity (Wildman–Crippen MR) is 101 cm³/mol. The molecular formula is C19H20N4O4. The number of carbonyl (C=O) groups is 1. The number of hydrogen-bond donors (Lipinski definition) is 1. The van der Waals surface area contributed by atoms with Crippen molar-refractivity contribution in [2.24, 2.45) is 0 Å². The van der Waals surface area contributed by atoms with Gasteiger partial charge in [-0.1, -0.05) is 12.2 Å². The number of carboxylic acid groups (broad SMARTS) is 1. The minimum absolute atomic E-state index is 0.00797. The second-order valence-electron chi connectivity index (χ2n) is 6.00. The standard InChI is InChI=1S/C19H20N4O4/c1-4-22-10-13(16(24)14-8-7-12(2)20-17(14)22)6-5-9-23-11-15(19(25)26)18(21-23)27-3/h5-8,10-11H,4,9H2,1-3H3,(H,25,26)/b6-5+. The monoisotopic (exact) mass is 368 g/mol. The van der Waals surface area contributed by atoms with Crippen LogP contribution in [0.4, 0.5) is 0 Å². The zero-order valence-electron chi connectivity index (χ0n) is 15.3. The van der Waals surface area contributed by atoms with Crippen LogP contribution >= 0.6 is 0 Å². The molecule has 8 nitrogen and oxygen atoms in total. The van der Waals surface area contributed by atoms with Crippen LogP contribution in [0.5, 0.6) is 5.88 Å². The van der Waals surface area contributed by atoms with Gasteiger partial charge < -0.3 is 14.4 Å². The third-order valence-electron chi connectivity index (χ3n) is 4.17. The fraction of sp³-hybridized carbons (Fsp3) is 0.263. The minimum atomic E-state index is -1.11. The fourth-order valence-electron chi connectivity index (χ4n) is 2.82. The minimum Gasteiger partial charge on any atom is -0.479 e. The fourth-order valence-corrected chi connectivity index (χ4v) is 2.82. The third kappa shape index (κ3) is 3.59. The van der Waals surface area contributed by atoms with E-state index in [1.807, 2.05) is 24.5 Å². The first-order chi connectivity index (χ1) is 12.9. The number of fused-ring (bicyclic) bond motifs is 1. The molecule has 8 heteroatoms. The lowest BCUT2D eigenvalue weighted by Crippen LogP contribution is -2.13. The molecule has 0 radical (unpaired) electrons. The highest BCUT2D eigenvalue weighted by Gasteiger charge is 2.15. The number of aromatic nitrogens is 4. The highest BCUT2D eigenvalue weighted by Crippen LogP contribution is 2.15. The topological polar surface area (TPSA) is 99.2 Å². The lowest BCUT2D eigenvalue weighted by Gasteiger charge is -2.09. The molecule has 27 heavy (non-hydrogen) atoms. The number of carboxylic acids is 1. The molecule has 140 valence electrons. The summed E-state index contributed by atoms with van der Waals surface area (Å²) >= 11 is 0. The number of hydrogen-bond acceptors (Lipinski definition) is 5. The number of nitrogens with zero attached hydrogens (tertiary/aromatic N) is 4. The molecule has 3 aromatic rings. The summed E-state index contributed by atoms with van der Waals surface area (Å²) in [5.74, 6) is -1.05. The van der Waals surface area contributed by atoms with Crippen molar-refractivity contribution in [1.82, 2.24) is 19.3 Å². The van der Waals surface area contributed by atoms with Crippen LogP contribution in [0.25, 0.3) is 17.1 Å². The zero-order valence-corrected chi connectivity index (χ0v) is 15.3. The van der Waals surface area contributed by atoms with Crippen molar-refractivity contribution in [3.8, 4) is 5.88 Å². The van der Waals surface area contributed by atoms with Crippen molar-refractivity contribution in [2.75, 3.05) is 7.11 Å². The van der Waals surface area contributed by atoms with Crippen LogP contribution in [0.1, 0.15) is 28.5 Å². The quantitative estimate of drug-likeness (QED) is 0.717. The van der Waals surface area contributed by atoms with Gasteiger partial charge in [0.25, 0.3) is 0 Å². The molecule has 0 unspecified atom stereocenters. The number of ether oxygens (including phenoxy) is 1. The average molecular weight is 368 g/mol. The zero-order chi connectivity index (χ0) is 19.6. The summed E-state index contributed by atoms with van der Waals surface area (Å²) in [6.45, 7) is 4.87. The maximum absolute atomic E-state index is 12.7. The van der Waals surface area contributed by atoms with Crippen LogP contribution in [-0.4, -0.2) is 37.5 Å². The first-order valence-electron chi connectivity index (χ1n) is 8.46. The molecule has 0 aliphatic carbocycles. The van der Waals surface area contributed by atoms with E-state index in [9.17, 15) is 9.59 Å². The van der Waals surface area contributed by atoms with Crippen LogP contribution in [0, 0.1) is 6.92 Å². The van der Waals surface area contributed by atoms with Gasteiger partial charge in [0.2, 0.25) is 5.88 Å². The van der Waals surface area contributed by atoms with E-state index >= 15 is 0 Å². The Morgan fingerprint density at radius 2 is 2.11 bits per heavy atom. The van der Waals surface area contributed by atoms with Crippen LogP contribution in [0.3, 0.4) is 0 Å². The molecule has 0 amide bonds. The van der Waals surface area contributed by atoms with Gasteiger partial charge in [0.15, 0.2) is 5.43 Å². The molecule has 0 saturated carbocycles. The highest BCUT2D eigenvalue weighted by atomic mass is 16.5. The van der Waals surface area contributed by atoms with E-state index < -0.39 is 5.97 Å². The number of aryl methyl sites for hydroxylation is 2. The molecular weight excluding hydrogens is 348 g/mol. The largest absolute Gasteiger partial charge is 0.479 e. The van der Waals surface area contributed by atoms with Crippen molar-refractivity contribution >= 4 is 23.1 Å². The summed E-state index contributed by atoms with van der Waals surface area (Å²) in [6, 6.07) is 3.61. The second kappa shape index (κ2) is 7.45. The van der Waals surface area contributed by atoms with Crippen molar-refractivity contribution < 1.29 is 14.6 Å². The normalized spacial score (nSPS) is 11.4. The Morgan fingerprint density at radius 3 is 2.74 bits per heavy atom. The van der Waals surface area contributed by atoms with Crippen LogP contribution < -0.4 is 10.2 Å². The van der Waals surface area contributed by atoms with Crippen LogP contribution in [-0.2, 0) is 13.1 Å². The first kappa shape index (κ1) is 18.4. The predicted octanol–water partition coefficient (Wildman–Crippen LogP) is 2.34. The molecule has 3 aromatic heterocycles. The van der Waals surface area contributed by atoms with Gasteiger partial charge in [-0.15, -0.1) is 5.10 Å². The van der Waals surface area contributed by atoms with Crippen molar-refractivity contribution in [1.29, 1.82) is 0 Å². The molecule has 0 fully saturated rings. The van der Waals surface area contributed by atoms with Crippen LogP contribution in [0.15, 0.2) is 35.4 Å². The Labute approximate surface area is 155 Å². The van der Waals surface area contributed by atoms with E-state index in [0.29, 0.717) is 29.7 Å². The average Bonchev–Trinajstić information content (AvgIpc) is 3.07. The number of rotatable bonds is 6. The summed E-state index contributed by atoms with van der Waals surface area (Å²) in [4.78, 5) is 28.3. The van der Waals surface area contributed by atoms with E-state index in [4.69, 9.17) is 9.84 Å². The van der Waals surface area contributed by atoms with E-state index in [2.05, 4.69) is 10.1 Å². The SMILES string of the molecule is CCn1cc(/C=C/Cn2cc(C(=O)O)c(OC)n2)c(=O)c2ccc(C)nc21. The maximum Gasteiger partial charge on any atom is 0.342 e.